The fraction of sp³-hybridized carbons (Fsp3) is 0.364. The third-order valence-electron chi connectivity index (χ3n) is 2.31. The van der Waals surface area contributed by atoms with Crippen molar-refractivity contribution < 1.29 is 18.0 Å². The summed E-state index contributed by atoms with van der Waals surface area (Å²) in [6, 6.07) is 2.75. The molecule has 1 aromatic heterocycles. The Morgan fingerprint density at radius 3 is 2.47 bits per heavy atom. The highest BCUT2D eigenvalue weighted by Gasteiger charge is 2.32. The number of thiocarbonyl (C=S) groups is 1. The Morgan fingerprint density at radius 2 is 2.11 bits per heavy atom. The summed E-state index contributed by atoms with van der Waals surface area (Å²) >= 11 is 4.71. The van der Waals surface area contributed by atoms with Gasteiger partial charge in [0.2, 0.25) is 0 Å². The Bertz CT molecular complexity index is 473. The number of carbonyl (C=O) groups is 1. The zero-order valence-corrected chi connectivity index (χ0v) is 10.9. The molecule has 0 bridgehead atoms. The number of hydrogen-bond donors (Lipinski definition) is 1. The maximum Gasteiger partial charge on any atom is 0.406 e. The van der Waals surface area contributed by atoms with Gasteiger partial charge in [0, 0.05) is 18.3 Å². The molecule has 0 aromatic carbocycles. The van der Waals surface area contributed by atoms with E-state index in [2.05, 4.69) is 4.98 Å². The zero-order valence-electron chi connectivity index (χ0n) is 10.1. The molecule has 104 valence electrons. The number of pyridine rings is 1. The van der Waals surface area contributed by atoms with Crippen molar-refractivity contribution in [1.29, 1.82) is 0 Å². The topological polar surface area (TPSA) is 59.2 Å². The SMILES string of the molecule is CCN(CC(F)(F)F)C(=O)c1ccc(C(N)=S)cn1. The Morgan fingerprint density at radius 1 is 1.47 bits per heavy atom. The standard InChI is InChI=1S/C11H12F3N3OS/c1-2-17(6-11(12,13)14)10(18)8-4-3-7(5-16-8)9(15)19/h3-5H,2,6H2,1H3,(H2,15,19). The second-order valence-electron chi connectivity index (χ2n) is 3.73. The van der Waals surface area contributed by atoms with E-state index in [4.69, 9.17) is 18.0 Å². The molecule has 0 saturated heterocycles. The molecule has 1 rings (SSSR count). The number of halogens is 3. The number of nitrogens with zero attached hydrogens (tertiary/aromatic N) is 2. The van der Waals surface area contributed by atoms with Gasteiger partial charge < -0.3 is 10.6 Å². The first kappa shape index (κ1) is 15.4. The Kier molecular flexibility index (Phi) is 4.82. The molecular formula is C11H12F3N3OS. The van der Waals surface area contributed by atoms with Crippen LogP contribution in [0.2, 0.25) is 0 Å². The Balaban J connectivity index is 2.88. The molecule has 0 aliphatic carbocycles. The van der Waals surface area contributed by atoms with Crippen LogP contribution in [0, 0.1) is 0 Å². The van der Waals surface area contributed by atoms with E-state index in [0.717, 1.165) is 0 Å². The normalized spacial score (nSPS) is 11.2. The molecule has 0 aliphatic rings. The summed E-state index contributed by atoms with van der Waals surface area (Å²) in [5, 5.41) is 0. The molecule has 0 fully saturated rings. The van der Waals surface area contributed by atoms with Gasteiger partial charge in [-0.05, 0) is 19.1 Å². The van der Waals surface area contributed by atoms with Gasteiger partial charge in [-0.1, -0.05) is 12.2 Å². The van der Waals surface area contributed by atoms with Crippen LogP contribution in [0.15, 0.2) is 18.3 Å². The molecule has 1 heterocycles. The van der Waals surface area contributed by atoms with Crippen molar-refractivity contribution in [3.8, 4) is 0 Å². The lowest BCUT2D eigenvalue weighted by Crippen LogP contribution is -2.39. The minimum atomic E-state index is -4.44. The summed E-state index contributed by atoms with van der Waals surface area (Å²) < 4.78 is 36.9. The van der Waals surface area contributed by atoms with Gasteiger partial charge in [-0.25, -0.2) is 0 Å². The number of aromatic nitrogens is 1. The van der Waals surface area contributed by atoms with Gasteiger partial charge in [0.15, 0.2) is 0 Å². The molecule has 2 N–H and O–H groups in total. The largest absolute Gasteiger partial charge is 0.406 e. The summed E-state index contributed by atoms with van der Waals surface area (Å²) in [5.41, 5.74) is 5.73. The van der Waals surface area contributed by atoms with Crippen molar-refractivity contribution in [2.75, 3.05) is 13.1 Å². The quantitative estimate of drug-likeness (QED) is 0.858. The Hall–Kier alpha value is -1.70. The molecule has 0 atom stereocenters. The number of carbonyl (C=O) groups excluding carboxylic acids is 1. The van der Waals surface area contributed by atoms with Crippen molar-refractivity contribution in [2.24, 2.45) is 5.73 Å². The highest BCUT2D eigenvalue weighted by Crippen LogP contribution is 2.17. The second-order valence-corrected chi connectivity index (χ2v) is 4.17. The molecule has 0 radical (unpaired) electrons. The lowest BCUT2D eigenvalue weighted by molar-refractivity contribution is -0.140. The zero-order chi connectivity index (χ0) is 14.6. The molecule has 0 unspecified atom stereocenters. The predicted octanol–water partition coefficient (Wildman–Crippen LogP) is 1.74. The predicted molar refractivity (Wildman–Crippen MR) is 67.8 cm³/mol. The van der Waals surface area contributed by atoms with Crippen molar-refractivity contribution in [1.82, 2.24) is 9.88 Å². The molecule has 1 aromatic rings. The van der Waals surface area contributed by atoms with Crippen molar-refractivity contribution >= 4 is 23.1 Å². The summed E-state index contributed by atoms with van der Waals surface area (Å²) in [4.78, 5) is 16.4. The van der Waals surface area contributed by atoms with Gasteiger partial charge in [-0.15, -0.1) is 0 Å². The van der Waals surface area contributed by atoms with E-state index in [1.165, 1.54) is 25.3 Å². The van der Waals surface area contributed by atoms with E-state index in [-0.39, 0.29) is 17.2 Å². The molecule has 0 aliphatic heterocycles. The third kappa shape index (κ3) is 4.47. The van der Waals surface area contributed by atoms with Crippen LogP contribution in [-0.2, 0) is 0 Å². The van der Waals surface area contributed by atoms with Gasteiger partial charge in [-0.2, -0.15) is 13.2 Å². The maximum atomic E-state index is 12.3. The molecular weight excluding hydrogens is 279 g/mol. The fourth-order valence-electron chi connectivity index (χ4n) is 1.37. The van der Waals surface area contributed by atoms with Crippen molar-refractivity contribution in [3.63, 3.8) is 0 Å². The first-order valence-electron chi connectivity index (χ1n) is 5.36. The van der Waals surface area contributed by atoms with Crippen LogP contribution in [0.25, 0.3) is 0 Å². The maximum absolute atomic E-state index is 12.3. The van der Waals surface area contributed by atoms with Crippen LogP contribution in [0.3, 0.4) is 0 Å². The van der Waals surface area contributed by atoms with Gasteiger partial charge in [-0.3, -0.25) is 9.78 Å². The van der Waals surface area contributed by atoms with Gasteiger partial charge in [0.05, 0.1) is 0 Å². The van der Waals surface area contributed by atoms with E-state index >= 15 is 0 Å². The number of rotatable bonds is 4. The third-order valence-corrected chi connectivity index (χ3v) is 2.54. The fourth-order valence-corrected chi connectivity index (χ4v) is 1.49. The summed E-state index contributed by atoms with van der Waals surface area (Å²) in [6.45, 7) is 0.102. The lowest BCUT2D eigenvalue weighted by atomic mass is 10.2. The number of amides is 1. The van der Waals surface area contributed by atoms with Crippen LogP contribution < -0.4 is 5.73 Å². The summed E-state index contributed by atoms with van der Waals surface area (Å²) in [6.07, 6.45) is -3.18. The number of hydrogen-bond acceptors (Lipinski definition) is 3. The minimum absolute atomic E-state index is 0.0585. The molecule has 8 heteroatoms. The Labute approximate surface area is 113 Å². The second kappa shape index (κ2) is 5.96. The molecule has 4 nitrogen and oxygen atoms in total. The van der Waals surface area contributed by atoms with Crippen molar-refractivity contribution in [3.05, 3.63) is 29.6 Å². The number of alkyl halides is 3. The molecule has 19 heavy (non-hydrogen) atoms. The molecule has 0 spiro atoms. The van der Waals surface area contributed by atoms with E-state index in [0.29, 0.717) is 10.5 Å². The summed E-state index contributed by atoms with van der Waals surface area (Å²) in [5.74, 6) is -0.783. The molecule has 1 amide bonds. The monoisotopic (exact) mass is 291 g/mol. The first-order valence-corrected chi connectivity index (χ1v) is 5.77. The van der Waals surface area contributed by atoms with Crippen molar-refractivity contribution in [2.45, 2.75) is 13.1 Å². The van der Waals surface area contributed by atoms with E-state index in [1.807, 2.05) is 0 Å². The average molecular weight is 291 g/mol. The average Bonchev–Trinajstić information content (AvgIpc) is 2.34. The lowest BCUT2D eigenvalue weighted by Gasteiger charge is -2.21. The van der Waals surface area contributed by atoms with Crippen LogP contribution in [0.1, 0.15) is 23.0 Å². The van der Waals surface area contributed by atoms with Crippen LogP contribution in [0.5, 0.6) is 0 Å². The first-order chi connectivity index (χ1) is 8.74. The van der Waals surface area contributed by atoms with E-state index < -0.39 is 18.6 Å². The van der Waals surface area contributed by atoms with Crippen LogP contribution in [0.4, 0.5) is 13.2 Å². The number of nitrogens with two attached hydrogens (primary N) is 1. The van der Waals surface area contributed by atoms with E-state index in [1.54, 1.807) is 0 Å². The highest BCUT2D eigenvalue weighted by atomic mass is 32.1. The van der Waals surface area contributed by atoms with Gasteiger partial charge >= 0.3 is 6.18 Å². The smallest absolute Gasteiger partial charge is 0.389 e. The summed E-state index contributed by atoms with van der Waals surface area (Å²) in [7, 11) is 0. The van der Waals surface area contributed by atoms with Crippen LogP contribution >= 0.6 is 12.2 Å². The van der Waals surface area contributed by atoms with Gasteiger partial charge in [0.1, 0.15) is 17.2 Å². The van der Waals surface area contributed by atoms with Gasteiger partial charge in [0.25, 0.3) is 5.91 Å². The van der Waals surface area contributed by atoms with Crippen LogP contribution in [-0.4, -0.2) is 40.0 Å². The molecule has 0 saturated carbocycles. The highest BCUT2D eigenvalue weighted by molar-refractivity contribution is 7.80. The van der Waals surface area contributed by atoms with E-state index in [9.17, 15) is 18.0 Å². The minimum Gasteiger partial charge on any atom is -0.389 e.